The molecule has 0 aliphatic rings. The number of amides is 2. The molecule has 0 unspecified atom stereocenters. The van der Waals surface area contributed by atoms with Gasteiger partial charge in [0.1, 0.15) is 0 Å². The van der Waals surface area contributed by atoms with E-state index in [0.29, 0.717) is 24.2 Å². The van der Waals surface area contributed by atoms with Crippen molar-refractivity contribution in [3.8, 4) is 0 Å². The van der Waals surface area contributed by atoms with Gasteiger partial charge in [-0.05, 0) is 12.1 Å². The first kappa shape index (κ1) is 15.2. The fraction of sp³-hybridized carbons (Fsp3) is 0.357. The van der Waals surface area contributed by atoms with Crippen molar-refractivity contribution in [3.05, 3.63) is 23.8 Å². The van der Waals surface area contributed by atoms with Gasteiger partial charge >= 0.3 is 0 Å². The molecular weight excluding hydrogens is 288 g/mol. The van der Waals surface area contributed by atoms with E-state index in [1.54, 1.807) is 24.1 Å². The lowest BCUT2D eigenvalue weighted by atomic mass is 10.2. The maximum atomic E-state index is 11.4. The zero-order chi connectivity index (χ0) is 15.6. The molecule has 112 valence electrons. The van der Waals surface area contributed by atoms with Crippen LogP contribution in [0.4, 0.5) is 5.13 Å². The maximum absolute atomic E-state index is 11.4. The normalized spacial score (nSPS) is 10.6. The standard InChI is InChI=1S/C14H18N4O2S/c1-9(19)17(2)7-8-18(3)14-16-12-10(13(15)20)5-4-6-11(12)21-14/h4-6H,7-8H2,1-3H3,(H2,15,20). The average Bonchev–Trinajstić information content (AvgIpc) is 2.87. The van der Waals surface area contributed by atoms with Gasteiger partial charge in [0.2, 0.25) is 5.91 Å². The molecule has 1 aromatic heterocycles. The Morgan fingerprint density at radius 2 is 2.00 bits per heavy atom. The van der Waals surface area contributed by atoms with E-state index in [4.69, 9.17) is 5.73 Å². The number of anilines is 1. The number of rotatable bonds is 5. The molecule has 0 saturated heterocycles. The van der Waals surface area contributed by atoms with Gasteiger partial charge in [-0.3, -0.25) is 9.59 Å². The van der Waals surface area contributed by atoms with E-state index in [0.717, 1.165) is 9.83 Å². The zero-order valence-electron chi connectivity index (χ0n) is 12.3. The van der Waals surface area contributed by atoms with E-state index in [9.17, 15) is 9.59 Å². The quantitative estimate of drug-likeness (QED) is 0.903. The monoisotopic (exact) mass is 306 g/mol. The molecule has 1 heterocycles. The van der Waals surface area contributed by atoms with Crippen molar-refractivity contribution in [1.29, 1.82) is 0 Å². The first-order chi connectivity index (χ1) is 9.90. The van der Waals surface area contributed by atoms with Gasteiger partial charge in [-0.1, -0.05) is 17.4 Å². The summed E-state index contributed by atoms with van der Waals surface area (Å²) in [5.41, 5.74) is 6.44. The van der Waals surface area contributed by atoms with E-state index in [2.05, 4.69) is 4.98 Å². The number of carbonyl (C=O) groups is 2. The van der Waals surface area contributed by atoms with E-state index >= 15 is 0 Å². The Balaban J connectivity index is 2.21. The minimum atomic E-state index is -0.476. The highest BCUT2D eigenvalue weighted by Gasteiger charge is 2.14. The van der Waals surface area contributed by atoms with Crippen molar-refractivity contribution in [2.75, 3.05) is 32.1 Å². The van der Waals surface area contributed by atoms with Gasteiger partial charge in [0.05, 0.1) is 15.8 Å². The van der Waals surface area contributed by atoms with Crippen molar-refractivity contribution in [1.82, 2.24) is 9.88 Å². The maximum Gasteiger partial charge on any atom is 0.250 e. The van der Waals surface area contributed by atoms with Crippen LogP contribution >= 0.6 is 11.3 Å². The molecule has 0 saturated carbocycles. The summed E-state index contributed by atoms with van der Waals surface area (Å²) in [4.78, 5) is 30.7. The molecule has 0 spiro atoms. The van der Waals surface area contributed by atoms with Crippen molar-refractivity contribution in [2.24, 2.45) is 5.73 Å². The number of para-hydroxylation sites is 1. The molecule has 21 heavy (non-hydrogen) atoms. The first-order valence-electron chi connectivity index (χ1n) is 6.52. The lowest BCUT2D eigenvalue weighted by Crippen LogP contribution is -2.33. The Morgan fingerprint density at radius 3 is 2.62 bits per heavy atom. The second-order valence-electron chi connectivity index (χ2n) is 4.88. The predicted octanol–water partition coefficient (Wildman–Crippen LogP) is 1.31. The molecule has 0 fully saturated rings. The summed E-state index contributed by atoms with van der Waals surface area (Å²) in [5, 5.41) is 0.802. The zero-order valence-corrected chi connectivity index (χ0v) is 13.1. The molecule has 0 aliphatic carbocycles. The first-order valence-corrected chi connectivity index (χ1v) is 7.34. The lowest BCUT2D eigenvalue weighted by Gasteiger charge is -2.20. The number of nitrogens with two attached hydrogens (primary N) is 1. The van der Waals surface area contributed by atoms with Crippen molar-refractivity contribution < 1.29 is 9.59 Å². The van der Waals surface area contributed by atoms with Crippen LogP contribution in [0.5, 0.6) is 0 Å². The van der Waals surface area contributed by atoms with Crippen LogP contribution in [0.1, 0.15) is 17.3 Å². The highest BCUT2D eigenvalue weighted by molar-refractivity contribution is 7.22. The van der Waals surface area contributed by atoms with Crippen LogP contribution in [0.15, 0.2) is 18.2 Å². The summed E-state index contributed by atoms with van der Waals surface area (Å²) >= 11 is 1.50. The number of likely N-dealkylation sites (N-methyl/N-ethyl adjacent to an activating group) is 2. The minimum Gasteiger partial charge on any atom is -0.366 e. The van der Waals surface area contributed by atoms with Crippen LogP contribution in [0.25, 0.3) is 10.2 Å². The molecule has 2 aromatic rings. The number of aromatic nitrogens is 1. The number of benzene rings is 1. The number of hydrogen-bond donors (Lipinski definition) is 1. The molecule has 1 aromatic carbocycles. The Labute approximate surface area is 127 Å². The molecule has 2 amide bonds. The molecule has 0 atom stereocenters. The van der Waals surface area contributed by atoms with Gasteiger partial charge in [-0.2, -0.15) is 0 Å². The summed E-state index contributed by atoms with van der Waals surface area (Å²) in [6.45, 7) is 2.82. The fourth-order valence-corrected chi connectivity index (χ4v) is 2.83. The summed E-state index contributed by atoms with van der Waals surface area (Å²) in [5.74, 6) is -0.444. The SMILES string of the molecule is CC(=O)N(C)CCN(C)c1nc2c(C(N)=O)cccc2s1. The van der Waals surface area contributed by atoms with Gasteiger partial charge in [0.15, 0.2) is 5.13 Å². The predicted molar refractivity (Wildman–Crippen MR) is 84.7 cm³/mol. The summed E-state index contributed by atoms with van der Waals surface area (Å²) < 4.78 is 0.924. The number of hydrogen-bond acceptors (Lipinski definition) is 5. The third-order valence-corrected chi connectivity index (χ3v) is 4.44. The van der Waals surface area contributed by atoms with E-state index in [1.807, 2.05) is 18.0 Å². The molecule has 0 bridgehead atoms. The number of carbonyl (C=O) groups excluding carboxylic acids is 2. The van der Waals surface area contributed by atoms with Crippen molar-refractivity contribution in [2.45, 2.75) is 6.92 Å². The second kappa shape index (κ2) is 6.09. The van der Waals surface area contributed by atoms with Gasteiger partial charge < -0.3 is 15.5 Å². The molecule has 2 rings (SSSR count). The van der Waals surface area contributed by atoms with Crippen molar-refractivity contribution >= 4 is 38.5 Å². The Hall–Kier alpha value is -2.15. The van der Waals surface area contributed by atoms with E-state index < -0.39 is 5.91 Å². The van der Waals surface area contributed by atoms with Crippen LogP contribution in [0, 0.1) is 0 Å². The number of thiazole rings is 1. The van der Waals surface area contributed by atoms with Crippen LogP contribution in [-0.4, -0.2) is 48.9 Å². The van der Waals surface area contributed by atoms with Gasteiger partial charge in [0, 0.05) is 34.1 Å². The topological polar surface area (TPSA) is 79.5 Å². The number of fused-ring (bicyclic) bond motifs is 1. The third kappa shape index (κ3) is 3.30. The smallest absolute Gasteiger partial charge is 0.250 e. The molecule has 0 radical (unpaired) electrons. The molecule has 7 heteroatoms. The third-order valence-electron chi connectivity index (χ3n) is 3.31. The summed E-state index contributed by atoms with van der Waals surface area (Å²) in [6.07, 6.45) is 0. The van der Waals surface area contributed by atoms with Gasteiger partial charge in [0.25, 0.3) is 5.91 Å². The van der Waals surface area contributed by atoms with Crippen LogP contribution in [-0.2, 0) is 4.79 Å². The van der Waals surface area contributed by atoms with E-state index in [-0.39, 0.29) is 5.91 Å². The largest absolute Gasteiger partial charge is 0.366 e. The van der Waals surface area contributed by atoms with Gasteiger partial charge in [-0.15, -0.1) is 0 Å². The van der Waals surface area contributed by atoms with Crippen LogP contribution in [0.3, 0.4) is 0 Å². The summed E-state index contributed by atoms with van der Waals surface area (Å²) in [7, 11) is 3.68. The van der Waals surface area contributed by atoms with Gasteiger partial charge in [-0.25, -0.2) is 4.98 Å². The fourth-order valence-electron chi connectivity index (χ4n) is 1.85. The Kier molecular flexibility index (Phi) is 4.42. The van der Waals surface area contributed by atoms with Crippen LogP contribution < -0.4 is 10.6 Å². The number of nitrogens with zero attached hydrogens (tertiary/aromatic N) is 3. The van der Waals surface area contributed by atoms with Crippen molar-refractivity contribution in [3.63, 3.8) is 0 Å². The Bertz CT molecular complexity index is 683. The molecular formula is C14H18N4O2S. The van der Waals surface area contributed by atoms with Crippen LogP contribution in [0.2, 0.25) is 0 Å². The minimum absolute atomic E-state index is 0.0312. The summed E-state index contributed by atoms with van der Waals surface area (Å²) in [6, 6.07) is 5.39. The molecule has 0 aliphatic heterocycles. The molecule has 2 N–H and O–H groups in total. The highest BCUT2D eigenvalue weighted by atomic mass is 32.1. The highest BCUT2D eigenvalue weighted by Crippen LogP contribution is 2.29. The number of primary amides is 1. The Morgan fingerprint density at radius 1 is 1.29 bits per heavy atom. The second-order valence-corrected chi connectivity index (χ2v) is 5.88. The lowest BCUT2D eigenvalue weighted by molar-refractivity contribution is -0.127. The van der Waals surface area contributed by atoms with E-state index in [1.165, 1.54) is 18.3 Å². The molecule has 6 nitrogen and oxygen atoms in total. The average molecular weight is 306 g/mol.